The third kappa shape index (κ3) is 4.27. The number of nitrogens with one attached hydrogen (secondary N) is 1. The number of carbonyl (C=O) groups excluding carboxylic acids is 2. The number of esters is 1. The van der Waals surface area contributed by atoms with Gasteiger partial charge in [0.1, 0.15) is 0 Å². The topological polar surface area (TPSA) is 90.7 Å². The molecule has 1 amide bonds. The fourth-order valence-electron chi connectivity index (χ4n) is 1.79. The number of amides is 1. The van der Waals surface area contributed by atoms with E-state index in [9.17, 15) is 9.59 Å². The number of rotatable bonds is 5. The van der Waals surface area contributed by atoms with E-state index in [1.807, 2.05) is 0 Å². The quantitative estimate of drug-likeness (QED) is 0.527. The van der Waals surface area contributed by atoms with Crippen molar-refractivity contribution in [3.8, 4) is 0 Å². The van der Waals surface area contributed by atoms with E-state index in [4.69, 9.17) is 15.2 Å². The second-order valence-corrected chi connectivity index (χ2v) is 4.87. The number of hydrogen-bond donors (Lipinski definition) is 2. The molecule has 1 aliphatic heterocycles. The summed E-state index contributed by atoms with van der Waals surface area (Å²) in [6.45, 7) is 5.89. The highest BCUT2D eigenvalue weighted by Gasteiger charge is 2.30. The minimum Gasteiger partial charge on any atom is -0.464 e. The van der Waals surface area contributed by atoms with E-state index < -0.39 is 17.9 Å². The Labute approximate surface area is 107 Å². The van der Waals surface area contributed by atoms with Crippen LogP contribution in [0, 0.1) is 5.41 Å². The molecule has 3 N–H and O–H groups in total. The van der Waals surface area contributed by atoms with Gasteiger partial charge in [-0.2, -0.15) is 0 Å². The van der Waals surface area contributed by atoms with Gasteiger partial charge in [-0.3, -0.25) is 4.79 Å². The Hall–Kier alpha value is -1.14. The molecule has 104 valence electrons. The van der Waals surface area contributed by atoms with Gasteiger partial charge in [0.15, 0.2) is 6.04 Å². The van der Waals surface area contributed by atoms with E-state index in [2.05, 4.69) is 12.2 Å². The average Bonchev–Trinajstić information content (AvgIpc) is 2.36. The van der Waals surface area contributed by atoms with Crippen LogP contribution in [0.1, 0.15) is 26.7 Å². The lowest BCUT2D eigenvalue weighted by Gasteiger charge is -2.33. The van der Waals surface area contributed by atoms with E-state index in [1.165, 1.54) is 0 Å². The van der Waals surface area contributed by atoms with E-state index in [-0.39, 0.29) is 12.0 Å². The Bertz CT molecular complexity index is 300. The summed E-state index contributed by atoms with van der Waals surface area (Å²) in [7, 11) is 0. The maximum Gasteiger partial charge on any atom is 0.332 e. The largest absolute Gasteiger partial charge is 0.464 e. The number of ether oxygens (including phenoxy) is 2. The lowest BCUT2D eigenvalue weighted by Crippen LogP contribution is -2.50. The van der Waals surface area contributed by atoms with Crippen molar-refractivity contribution in [2.75, 3.05) is 26.4 Å². The maximum atomic E-state index is 11.7. The summed E-state index contributed by atoms with van der Waals surface area (Å²) >= 11 is 0. The van der Waals surface area contributed by atoms with Crippen LogP contribution in [0.15, 0.2) is 0 Å². The first-order valence-corrected chi connectivity index (χ1v) is 6.26. The van der Waals surface area contributed by atoms with Crippen LogP contribution in [0.4, 0.5) is 0 Å². The molecular weight excluding hydrogens is 236 g/mol. The van der Waals surface area contributed by atoms with Crippen LogP contribution in [0.25, 0.3) is 0 Å². The predicted octanol–water partition coefficient (Wildman–Crippen LogP) is -0.190. The second kappa shape index (κ2) is 6.70. The molecule has 6 heteroatoms. The van der Waals surface area contributed by atoms with E-state index >= 15 is 0 Å². The monoisotopic (exact) mass is 258 g/mol. The molecule has 0 bridgehead atoms. The molecule has 1 atom stereocenters. The molecule has 1 rings (SSSR count). The zero-order valence-corrected chi connectivity index (χ0v) is 11.0. The zero-order chi connectivity index (χ0) is 13.6. The summed E-state index contributed by atoms with van der Waals surface area (Å²) < 4.78 is 9.97. The molecule has 0 aromatic carbocycles. The van der Waals surface area contributed by atoms with Crippen molar-refractivity contribution >= 4 is 11.9 Å². The van der Waals surface area contributed by atoms with Gasteiger partial charge in [0.2, 0.25) is 5.91 Å². The van der Waals surface area contributed by atoms with Gasteiger partial charge in [-0.05, 0) is 25.2 Å². The lowest BCUT2D eigenvalue weighted by molar-refractivity contribution is -0.148. The molecule has 0 aromatic heterocycles. The zero-order valence-electron chi connectivity index (χ0n) is 11.0. The summed E-state index contributed by atoms with van der Waals surface area (Å²) in [5, 5.41) is 2.71. The summed E-state index contributed by atoms with van der Waals surface area (Å²) in [5.41, 5.74) is 5.51. The molecule has 6 nitrogen and oxygen atoms in total. The van der Waals surface area contributed by atoms with E-state index in [0.717, 1.165) is 12.8 Å². The highest BCUT2D eigenvalue weighted by atomic mass is 16.5. The molecule has 18 heavy (non-hydrogen) atoms. The van der Waals surface area contributed by atoms with E-state index in [0.29, 0.717) is 19.8 Å². The molecule has 1 aliphatic rings. The third-order valence-electron chi connectivity index (χ3n) is 3.21. The summed E-state index contributed by atoms with van der Waals surface area (Å²) in [6.07, 6.45) is 1.78. The smallest absolute Gasteiger partial charge is 0.332 e. The van der Waals surface area contributed by atoms with Crippen molar-refractivity contribution in [3.63, 3.8) is 0 Å². The standard InChI is InChI=1S/C12H22N2O4/c1-3-18-11(16)9(13)10(15)14-8-12(2)4-6-17-7-5-12/h9H,3-8,13H2,1-2H3,(H,14,15). The molecular formula is C12H22N2O4. The molecule has 0 aliphatic carbocycles. The van der Waals surface area contributed by atoms with Crippen LogP contribution in [0.2, 0.25) is 0 Å². The molecule has 0 aromatic rings. The van der Waals surface area contributed by atoms with Crippen molar-refractivity contribution in [1.82, 2.24) is 5.32 Å². The van der Waals surface area contributed by atoms with Crippen molar-refractivity contribution < 1.29 is 19.1 Å². The predicted molar refractivity (Wildman–Crippen MR) is 65.8 cm³/mol. The van der Waals surface area contributed by atoms with Gasteiger partial charge in [-0.15, -0.1) is 0 Å². The molecule has 0 radical (unpaired) electrons. The Kier molecular flexibility index (Phi) is 5.55. The van der Waals surface area contributed by atoms with Crippen LogP contribution < -0.4 is 11.1 Å². The van der Waals surface area contributed by atoms with Crippen LogP contribution >= 0.6 is 0 Å². The normalized spacial score (nSPS) is 19.9. The first-order chi connectivity index (χ1) is 8.48. The molecule has 1 fully saturated rings. The Morgan fingerprint density at radius 2 is 2.06 bits per heavy atom. The fourth-order valence-corrected chi connectivity index (χ4v) is 1.79. The third-order valence-corrected chi connectivity index (χ3v) is 3.21. The number of nitrogens with two attached hydrogens (primary N) is 1. The van der Waals surface area contributed by atoms with E-state index in [1.54, 1.807) is 6.92 Å². The van der Waals surface area contributed by atoms with Crippen molar-refractivity contribution in [3.05, 3.63) is 0 Å². The first-order valence-electron chi connectivity index (χ1n) is 6.26. The number of hydrogen-bond acceptors (Lipinski definition) is 5. The molecule has 1 unspecified atom stereocenters. The van der Waals surface area contributed by atoms with Crippen molar-refractivity contribution in [2.24, 2.45) is 11.1 Å². The second-order valence-electron chi connectivity index (χ2n) is 4.87. The van der Waals surface area contributed by atoms with Gasteiger partial charge in [-0.1, -0.05) is 6.92 Å². The van der Waals surface area contributed by atoms with Gasteiger partial charge in [0.05, 0.1) is 6.61 Å². The highest BCUT2D eigenvalue weighted by Crippen LogP contribution is 2.28. The van der Waals surface area contributed by atoms with Crippen molar-refractivity contribution in [2.45, 2.75) is 32.7 Å². The molecule has 0 spiro atoms. The Morgan fingerprint density at radius 3 is 2.61 bits per heavy atom. The fraction of sp³-hybridized carbons (Fsp3) is 0.833. The molecule has 1 heterocycles. The van der Waals surface area contributed by atoms with Crippen LogP contribution in [-0.2, 0) is 19.1 Å². The van der Waals surface area contributed by atoms with Gasteiger partial charge in [-0.25, -0.2) is 4.79 Å². The Morgan fingerprint density at radius 1 is 1.44 bits per heavy atom. The van der Waals surface area contributed by atoms with Gasteiger partial charge < -0.3 is 20.5 Å². The van der Waals surface area contributed by atoms with Crippen LogP contribution in [0.3, 0.4) is 0 Å². The maximum absolute atomic E-state index is 11.7. The van der Waals surface area contributed by atoms with Crippen LogP contribution in [0.5, 0.6) is 0 Å². The van der Waals surface area contributed by atoms with Gasteiger partial charge in [0.25, 0.3) is 0 Å². The summed E-state index contributed by atoms with van der Waals surface area (Å²) in [4.78, 5) is 23.0. The SMILES string of the molecule is CCOC(=O)C(N)C(=O)NCC1(C)CCOCC1. The van der Waals surface area contributed by atoms with Crippen LogP contribution in [-0.4, -0.2) is 44.3 Å². The molecule has 0 saturated carbocycles. The first kappa shape index (κ1) is 14.9. The number of carbonyl (C=O) groups is 2. The lowest BCUT2D eigenvalue weighted by atomic mass is 9.82. The van der Waals surface area contributed by atoms with Gasteiger partial charge >= 0.3 is 5.97 Å². The summed E-state index contributed by atoms with van der Waals surface area (Å²) in [5.74, 6) is -1.17. The Balaban J connectivity index is 2.37. The molecule has 1 saturated heterocycles. The highest BCUT2D eigenvalue weighted by molar-refractivity contribution is 6.01. The minimum atomic E-state index is -1.24. The van der Waals surface area contributed by atoms with Crippen molar-refractivity contribution in [1.29, 1.82) is 0 Å². The summed E-state index contributed by atoms with van der Waals surface area (Å²) in [6, 6.07) is -1.24. The average molecular weight is 258 g/mol. The minimum absolute atomic E-state index is 0.0162. The van der Waals surface area contributed by atoms with Gasteiger partial charge in [0, 0.05) is 19.8 Å².